The maximum absolute atomic E-state index is 4.31. The van der Waals surface area contributed by atoms with E-state index in [4.69, 9.17) is 0 Å². The Hall–Kier alpha value is -0.830. The van der Waals surface area contributed by atoms with E-state index in [-0.39, 0.29) is 0 Å². The number of hydrogen-bond acceptors (Lipinski definition) is 2. The van der Waals surface area contributed by atoms with Crippen LogP contribution in [0, 0.1) is 0 Å². The molecule has 0 aromatic carbocycles. The highest BCUT2D eigenvalue weighted by Crippen LogP contribution is 2.21. The molecule has 3 heteroatoms. The first-order valence-corrected chi connectivity index (χ1v) is 6.05. The van der Waals surface area contributed by atoms with E-state index in [9.17, 15) is 0 Å². The van der Waals surface area contributed by atoms with E-state index < -0.39 is 0 Å². The SMILES string of the molecule is CCn1cc(C(C)CCNC2CC2)cn1. The molecule has 0 bridgehead atoms. The van der Waals surface area contributed by atoms with Crippen LogP contribution in [0.3, 0.4) is 0 Å². The minimum Gasteiger partial charge on any atom is -0.314 e. The normalized spacial score (nSPS) is 18.0. The third-order valence-corrected chi connectivity index (χ3v) is 3.13. The van der Waals surface area contributed by atoms with Gasteiger partial charge in [0.15, 0.2) is 0 Å². The van der Waals surface area contributed by atoms with Gasteiger partial charge in [-0.15, -0.1) is 0 Å². The van der Waals surface area contributed by atoms with Crippen LogP contribution in [0.15, 0.2) is 12.4 Å². The average Bonchev–Trinajstić information content (AvgIpc) is 2.94. The van der Waals surface area contributed by atoms with Crippen molar-refractivity contribution in [3.63, 3.8) is 0 Å². The van der Waals surface area contributed by atoms with E-state index in [1.165, 1.54) is 24.8 Å². The van der Waals surface area contributed by atoms with E-state index in [1.54, 1.807) is 0 Å². The number of rotatable bonds is 6. The van der Waals surface area contributed by atoms with Crippen LogP contribution >= 0.6 is 0 Å². The van der Waals surface area contributed by atoms with Gasteiger partial charge in [-0.25, -0.2) is 0 Å². The minimum absolute atomic E-state index is 0.622. The Morgan fingerprint density at radius 3 is 3.00 bits per heavy atom. The van der Waals surface area contributed by atoms with Gasteiger partial charge in [0.05, 0.1) is 6.20 Å². The molecule has 0 saturated heterocycles. The second kappa shape index (κ2) is 4.79. The Bertz CT molecular complexity index is 302. The van der Waals surface area contributed by atoms with Crippen molar-refractivity contribution in [2.24, 2.45) is 0 Å². The highest BCUT2D eigenvalue weighted by Gasteiger charge is 2.20. The molecular formula is C12H21N3. The monoisotopic (exact) mass is 207 g/mol. The van der Waals surface area contributed by atoms with Gasteiger partial charge in [0.1, 0.15) is 0 Å². The summed E-state index contributed by atoms with van der Waals surface area (Å²) in [6.07, 6.45) is 8.14. The first-order valence-electron chi connectivity index (χ1n) is 6.05. The Balaban J connectivity index is 1.75. The van der Waals surface area contributed by atoms with Crippen molar-refractivity contribution in [1.82, 2.24) is 15.1 Å². The highest BCUT2D eigenvalue weighted by molar-refractivity contribution is 5.10. The number of nitrogens with zero attached hydrogens (tertiary/aromatic N) is 2. The van der Waals surface area contributed by atoms with Crippen molar-refractivity contribution in [3.8, 4) is 0 Å². The van der Waals surface area contributed by atoms with Crippen molar-refractivity contribution in [2.75, 3.05) is 6.54 Å². The van der Waals surface area contributed by atoms with E-state index in [1.807, 2.05) is 10.9 Å². The molecule has 0 amide bonds. The zero-order chi connectivity index (χ0) is 10.7. The van der Waals surface area contributed by atoms with Crippen molar-refractivity contribution in [1.29, 1.82) is 0 Å². The summed E-state index contributed by atoms with van der Waals surface area (Å²) in [6.45, 7) is 6.51. The summed E-state index contributed by atoms with van der Waals surface area (Å²) in [6, 6.07) is 0.829. The molecule has 1 aliphatic rings. The lowest BCUT2D eigenvalue weighted by atomic mass is 10.0. The predicted octanol–water partition coefficient (Wildman–Crippen LogP) is 2.15. The molecule has 0 spiro atoms. The zero-order valence-corrected chi connectivity index (χ0v) is 9.74. The van der Waals surface area contributed by atoms with E-state index in [0.717, 1.165) is 19.1 Å². The molecule has 3 nitrogen and oxygen atoms in total. The highest BCUT2D eigenvalue weighted by atomic mass is 15.3. The van der Waals surface area contributed by atoms with Gasteiger partial charge in [-0.05, 0) is 44.2 Å². The Labute approximate surface area is 91.9 Å². The smallest absolute Gasteiger partial charge is 0.0524 e. The van der Waals surface area contributed by atoms with Crippen LogP contribution in [0.1, 0.15) is 44.6 Å². The summed E-state index contributed by atoms with van der Waals surface area (Å²) >= 11 is 0. The molecule has 1 aliphatic carbocycles. The summed E-state index contributed by atoms with van der Waals surface area (Å²) in [5.74, 6) is 0.622. The van der Waals surface area contributed by atoms with Crippen LogP contribution in [-0.2, 0) is 6.54 Å². The topological polar surface area (TPSA) is 29.9 Å². The third kappa shape index (κ3) is 3.06. The molecular weight excluding hydrogens is 186 g/mol. The van der Waals surface area contributed by atoms with Crippen LogP contribution in [-0.4, -0.2) is 22.4 Å². The second-order valence-corrected chi connectivity index (χ2v) is 4.55. The van der Waals surface area contributed by atoms with Crippen LogP contribution in [0.25, 0.3) is 0 Å². The average molecular weight is 207 g/mol. The Morgan fingerprint density at radius 1 is 1.60 bits per heavy atom. The molecule has 1 aromatic heterocycles. The zero-order valence-electron chi connectivity index (χ0n) is 9.74. The Kier molecular flexibility index (Phi) is 3.41. The molecule has 1 unspecified atom stereocenters. The Morgan fingerprint density at radius 2 is 2.40 bits per heavy atom. The summed E-state index contributed by atoms with van der Waals surface area (Å²) < 4.78 is 2.00. The van der Waals surface area contributed by atoms with Gasteiger partial charge in [-0.2, -0.15) is 5.10 Å². The van der Waals surface area contributed by atoms with Crippen molar-refractivity contribution < 1.29 is 0 Å². The fourth-order valence-corrected chi connectivity index (χ4v) is 1.77. The van der Waals surface area contributed by atoms with Gasteiger partial charge >= 0.3 is 0 Å². The number of aromatic nitrogens is 2. The van der Waals surface area contributed by atoms with E-state index in [2.05, 4.69) is 30.5 Å². The van der Waals surface area contributed by atoms with Crippen LogP contribution in [0.4, 0.5) is 0 Å². The third-order valence-electron chi connectivity index (χ3n) is 3.13. The number of nitrogens with one attached hydrogen (secondary N) is 1. The van der Waals surface area contributed by atoms with Crippen molar-refractivity contribution in [2.45, 2.75) is 51.6 Å². The first kappa shape index (κ1) is 10.7. The summed E-state index contributed by atoms with van der Waals surface area (Å²) in [5.41, 5.74) is 1.37. The summed E-state index contributed by atoms with van der Waals surface area (Å²) in [4.78, 5) is 0. The van der Waals surface area contributed by atoms with Crippen LogP contribution in [0.5, 0.6) is 0 Å². The molecule has 1 fully saturated rings. The molecule has 15 heavy (non-hydrogen) atoms. The molecule has 1 heterocycles. The first-order chi connectivity index (χ1) is 7.29. The fraction of sp³-hybridized carbons (Fsp3) is 0.750. The van der Waals surface area contributed by atoms with Gasteiger partial charge in [0.25, 0.3) is 0 Å². The van der Waals surface area contributed by atoms with Crippen molar-refractivity contribution in [3.05, 3.63) is 18.0 Å². The second-order valence-electron chi connectivity index (χ2n) is 4.55. The van der Waals surface area contributed by atoms with Gasteiger partial charge in [-0.1, -0.05) is 6.92 Å². The molecule has 1 saturated carbocycles. The maximum atomic E-state index is 4.31. The number of hydrogen-bond donors (Lipinski definition) is 1. The maximum Gasteiger partial charge on any atom is 0.0524 e. The van der Waals surface area contributed by atoms with Gasteiger partial charge in [-0.3, -0.25) is 4.68 Å². The summed E-state index contributed by atoms with van der Waals surface area (Å²) in [7, 11) is 0. The van der Waals surface area contributed by atoms with Gasteiger partial charge in [0.2, 0.25) is 0 Å². The summed E-state index contributed by atoms with van der Waals surface area (Å²) in [5, 5.41) is 7.86. The molecule has 0 radical (unpaired) electrons. The predicted molar refractivity (Wildman–Crippen MR) is 62.0 cm³/mol. The van der Waals surface area contributed by atoms with Gasteiger partial charge in [0, 0.05) is 18.8 Å². The van der Waals surface area contributed by atoms with Crippen LogP contribution < -0.4 is 5.32 Å². The van der Waals surface area contributed by atoms with E-state index >= 15 is 0 Å². The molecule has 1 aromatic rings. The standard InChI is InChI=1S/C12H21N3/c1-3-15-9-11(8-14-15)10(2)6-7-13-12-4-5-12/h8-10,12-13H,3-7H2,1-2H3. The quantitative estimate of drug-likeness (QED) is 0.774. The van der Waals surface area contributed by atoms with E-state index in [0.29, 0.717) is 5.92 Å². The lowest BCUT2D eigenvalue weighted by molar-refractivity contribution is 0.590. The molecule has 0 aliphatic heterocycles. The lowest BCUT2D eigenvalue weighted by Gasteiger charge is -2.09. The number of aryl methyl sites for hydroxylation is 1. The molecule has 84 valence electrons. The minimum atomic E-state index is 0.622. The lowest BCUT2D eigenvalue weighted by Crippen LogP contribution is -2.18. The molecule has 1 N–H and O–H groups in total. The van der Waals surface area contributed by atoms with Crippen molar-refractivity contribution >= 4 is 0 Å². The fourth-order valence-electron chi connectivity index (χ4n) is 1.77. The van der Waals surface area contributed by atoms with Gasteiger partial charge < -0.3 is 5.32 Å². The van der Waals surface area contributed by atoms with Crippen LogP contribution in [0.2, 0.25) is 0 Å². The molecule has 1 atom stereocenters. The molecule has 2 rings (SSSR count). The largest absolute Gasteiger partial charge is 0.314 e.